The van der Waals surface area contributed by atoms with Gasteiger partial charge in [-0.1, -0.05) is 67.9 Å². The molecule has 3 aromatic carbocycles. The van der Waals surface area contributed by atoms with E-state index in [-0.39, 0.29) is 29.0 Å². The minimum atomic E-state index is -4.23. The summed E-state index contributed by atoms with van der Waals surface area (Å²) < 4.78 is 34.8. The van der Waals surface area contributed by atoms with Crippen LogP contribution in [0.15, 0.2) is 83.8 Å². The number of benzene rings is 3. The molecule has 220 valence electrons. The topological polar surface area (TPSA) is 96.0 Å². The van der Waals surface area contributed by atoms with Crippen LogP contribution >= 0.6 is 11.6 Å². The van der Waals surface area contributed by atoms with Crippen LogP contribution in [0.1, 0.15) is 33.3 Å². The molecule has 41 heavy (non-hydrogen) atoms. The first kappa shape index (κ1) is 32.0. The van der Waals surface area contributed by atoms with Crippen LogP contribution in [0.3, 0.4) is 0 Å². The summed E-state index contributed by atoms with van der Waals surface area (Å²) in [6, 6.07) is 21.2. The van der Waals surface area contributed by atoms with Crippen molar-refractivity contribution in [3.63, 3.8) is 0 Å². The lowest BCUT2D eigenvalue weighted by molar-refractivity contribution is -0.138. The third kappa shape index (κ3) is 8.71. The lowest BCUT2D eigenvalue weighted by Crippen LogP contribution is -2.52. The van der Waals surface area contributed by atoms with Gasteiger partial charge in [0.25, 0.3) is 10.0 Å². The number of ether oxygens (including phenoxy) is 1. The molecule has 0 aromatic heterocycles. The van der Waals surface area contributed by atoms with E-state index >= 15 is 0 Å². The number of amides is 2. The van der Waals surface area contributed by atoms with Gasteiger partial charge in [0.2, 0.25) is 11.8 Å². The zero-order chi connectivity index (χ0) is 30.0. The molecule has 8 nitrogen and oxygen atoms in total. The Balaban J connectivity index is 2.01. The smallest absolute Gasteiger partial charge is 0.264 e. The largest absolute Gasteiger partial charge is 0.492 e. The highest BCUT2D eigenvalue weighted by Crippen LogP contribution is 2.33. The van der Waals surface area contributed by atoms with Gasteiger partial charge in [-0.2, -0.15) is 0 Å². The molecular weight excluding hydrogens is 562 g/mol. The number of hydrogen-bond acceptors (Lipinski definition) is 5. The van der Waals surface area contributed by atoms with E-state index in [4.69, 9.17) is 16.3 Å². The standard InChI is InChI=1S/C31H38ClN3O5S/c1-5-40-29-14-10-9-13-28(29)35(41(38,39)27-17-15-26(32)16-18-27)22-30(36)34(20-19-25-11-7-6-8-12-25)24(4)31(37)33-21-23(2)3/h6-18,23-24H,5,19-22H2,1-4H3,(H,33,37). The molecule has 0 spiro atoms. The fourth-order valence-corrected chi connectivity index (χ4v) is 5.76. The van der Waals surface area contributed by atoms with E-state index in [1.54, 1.807) is 38.1 Å². The van der Waals surface area contributed by atoms with Gasteiger partial charge in [-0.25, -0.2) is 8.42 Å². The summed E-state index contributed by atoms with van der Waals surface area (Å²) in [6.45, 7) is 7.87. The molecule has 0 saturated carbocycles. The summed E-state index contributed by atoms with van der Waals surface area (Å²) in [5.41, 5.74) is 1.21. The second-order valence-corrected chi connectivity index (χ2v) is 12.3. The quantitative estimate of drug-likeness (QED) is 0.276. The van der Waals surface area contributed by atoms with Crippen LogP contribution in [0.5, 0.6) is 5.75 Å². The molecule has 0 radical (unpaired) electrons. The van der Waals surface area contributed by atoms with Crippen LogP contribution in [0.2, 0.25) is 5.02 Å². The highest BCUT2D eigenvalue weighted by atomic mass is 35.5. The summed E-state index contributed by atoms with van der Waals surface area (Å²) in [5.74, 6) is -0.271. The first-order valence-corrected chi connectivity index (χ1v) is 15.5. The average molecular weight is 600 g/mol. The highest BCUT2D eigenvalue weighted by Gasteiger charge is 2.33. The van der Waals surface area contributed by atoms with Gasteiger partial charge in [0.1, 0.15) is 18.3 Å². The molecule has 0 saturated heterocycles. The molecule has 0 aliphatic rings. The van der Waals surface area contributed by atoms with Gasteiger partial charge < -0.3 is 15.0 Å². The van der Waals surface area contributed by atoms with E-state index in [1.807, 2.05) is 44.2 Å². The number of halogens is 1. The molecule has 1 unspecified atom stereocenters. The summed E-state index contributed by atoms with van der Waals surface area (Å²) in [7, 11) is -4.23. The first-order chi connectivity index (χ1) is 19.5. The van der Waals surface area contributed by atoms with E-state index in [0.29, 0.717) is 30.3 Å². The van der Waals surface area contributed by atoms with Gasteiger partial charge >= 0.3 is 0 Å². The number of rotatable bonds is 14. The zero-order valence-corrected chi connectivity index (χ0v) is 25.5. The van der Waals surface area contributed by atoms with Crippen LogP contribution in [-0.4, -0.2) is 57.4 Å². The van der Waals surface area contributed by atoms with Crippen molar-refractivity contribution in [3.05, 3.63) is 89.4 Å². The molecule has 1 atom stereocenters. The number of para-hydroxylation sites is 2. The molecule has 3 rings (SSSR count). The van der Waals surface area contributed by atoms with Gasteiger partial charge in [0.05, 0.1) is 17.2 Å². The Morgan fingerprint density at radius 1 is 0.927 bits per heavy atom. The predicted molar refractivity (Wildman–Crippen MR) is 163 cm³/mol. The Bertz CT molecular complexity index is 1400. The van der Waals surface area contributed by atoms with E-state index in [1.165, 1.54) is 29.2 Å². The molecule has 0 fully saturated rings. The van der Waals surface area contributed by atoms with E-state index in [0.717, 1.165) is 9.87 Å². The van der Waals surface area contributed by atoms with Gasteiger partial charge in [0.15, 0.2) is 0 Å². The normalized spacial score (nSPS) is 12.0. The van der Waals surface area contributed by atoms with Crippen molar-refractivity contribution in [2.45, 2.75) is 45.1 Å². The maximum absolute atomic E-state index is 14.0. The Hall–Kier alpha value is -3.56. The van der Waals surface area contributed by atoms with Crippen LogP contribution < -0.4 is 14.4 Å². The van der Waals surface area contributed by atoms with Crippen molar-refractivity contribution in [1.29, 1.82) is 0 Å². The van der Waals surface area contributed by atoms with Gasteiger partial charge in [-0.3, -0.25) is 13.9 Å². The highest BCUT2D eigenvalue weighted by molar-refractivity contribution is 7.92. The van der Waals surface area contributed by atoms with Crippen molar-refractivity contribution in [1.82, 2.24) is 10.2 Å². The van der Waals surface area contributed by atoms with Crippen molar-refractivity contribution >= 4 is 39.1 Å². The molecule has 2 amide bonds. The molecule has 0 heterocycles. The molecule has 0 aliphatic carbocycles. The van der Waals surface area contributed by atoms with Crippen molar-refractivity contribution in [3.8, 4) is 5.75 Å². The maximum Gasteiger partial charge on any atom is 0.264 e. The second kappa shape index (κ2) is 14.9. The van der Waals surface area contributed by atoms with Crippen LogP contribution in [-0.2, 0) is 26.0 Å². The molecule has 0 bridgehead atoms. The Labute approximate surface area is 248 Å². The Morgan fingerprint density at radius 2 is 1.56 bits per heavy atom. The third-order valence-corrected chi connectivity index (χ3v) is 8.48. The molecule has 3 aromatic rings. The van der Waals surface area contributed by atoms with Crippen molar-refractivity contribution in [2.75, 3.05) is 30.5 Å². The fourth-order valence-electron chi connectivity index (χ4n) is 4.21. The van der Waals surface area contributed by atoms with Crippen LogP contribution in [0.4, 0.5) is 5.69 Å². The number of hydrogen-bond donors (Lipinski definition) is 1. The Morgan fingerprint density at radius 3 is 2.20 bits per heavy atom. The number of nitrogens with zero attached hydrogens (tertiary/aromatic N) is 2. The van der Waals surface area contributed by atoms with E-state index in [2.05, 4.69) is 5.32 Å². The van der Waals surface area contributed by atoms with Gasteiger partial charge in [0, 0.05) is 18.1 Å². The molecule has 0 aliphatic heterocycles. The van der Waals surface area contributed by atoms with E-state index < -0.39 is 28.5 Å². The first-order valence-electron chi connectivity index (χ1n) is 13.7. The predicted octanol–water partition coefficient (Wildman–Crippen LogP) is 5.17. The van der Waals surface area contributed by atoms with Gasteiger partial charge in [-0.05, 0) is 68.1 Å². The lowest BCUT2D eigenvalue weighted by atomic mass is 10.1. The van der Waals surface area contributed by atoms with Crippen molar-refractivity contribution in [2.24, 2.45) is 5.92 Å². The summed E-state index contributed by atoms with van der Waals surface area (Å²) in [5, 5.41) is 3.27. The zero-order valence-electron chi connectivity index (χ0n) is 23.9. The fraction of sp³-hybridized carbons (Fsp3) is 0.355. The number of carbonyl (C=O) groups is 2. The van der Waals surface area contributed by atoms with Crippen LogP contribution in [0.25, 0.3) is 0 Å². The number of sulfonamides is 1. The summed E-state index contributed by atoms with van der Waals surface area (Å²) in [6.07, 6.45) is 0.494. The van der Waals surface area contributed by atoms with E-state index in [9.17, 15) is 18.0 Å². The average Bonchev–Trinajstić information content (AvgIpc) is 2.96. The minimum Gasteiger partial charge on any atom is -0.492 e. The second-order valence-electron chi connectivity index (χ2n) is 10.0. The van der Waals surface area contributed by atoms with Crippen LogP contribution in [0, 0.1) is 5.92 Å². The lowest BCUT2D eigenvalue weighted by Gasteiger charge is -2.32. The molecule has 1 N–H and O–H groups in total. The third-order valence-electron chi connectivity index (χ3n) is 6.45. The number of nitrogens with one attached hydrogen (secondary N) is 1. The number of carbonyl (C=O) groups excluding carboxylic acids is 2. The van der Waals surface area contributed by atoms with Gasteiger partial charge in [-0.15, -0.1) is 0 Å². The molecular formula is C31H38ClN3O5S. The maximum atomic E-state index is 14.0. The summed E-state index contributed by atoms with van der Waals surface area (Å²) >= 11 is 6.02. The number of anilines is 1. The monoisotopic (exact) mass is 599 g/mol. The molecule has 10 heteroatoms. The summed E-state index contributed by atoms with van der Waals surface area (Å²) in [4.78, 5) is 28.5. The minimum absolute atomic E-state index is 0.0282. The Kier molecular flexibility index (Phi) is 11.6. The van der Waals surface area contributed by atoms with Crippen molar-refractivity contribution < 1.29 is 22.7 Å². The SMILES string of the molecule is CCOc1ccccc1N(CC(=O)N(CCc1ccccc1)C(C)C(=O)NCC(C)C)S(=O)(=O)c1ccc(Cl)cc1.